The van der Waals surface area contributed by atoms with Gasteiger partial charge in [-0.25, -0.2) is 0 Å². The zero-order valence-corrected chi connectivity index (χ0v) is 18.8. The van der Waals surface area contributed by atoms with Crippen LogP contribution in [0.15, 0.2) is 76.8 Å². The van der Waals surface area contributed by atoms with Crippen LogP contribution in [0.2, 0.25) is 5.02 Å². The highest BCUT2D eigenvalue weighted by molar-refractivity contribution is 9.10. The second kappa shape index (κ2) is 10.6. The van der Waals surface area contributed by atoms with Gasteiger partial charge in [-0.15, -0.1) is 0 Å². The summed E-state index contributed by atoms with van der Waals surface area (Å²) < 4.78 is 6.61. The Hall–Kier alpha value is -3.67. The van der Waals surface area contributed by atoms with Crippen LogP contribution in [-0.4, -0.2) is 10.8 Å². The molecule has 0 atom stereocenters. The molecule has 9 heteroatoms. The zero-order chi connectivity index (χ0) is 23.1. The van der Waals surface area contributed by atoms with Gasteiger partial charge >= 0.3 is 0 Å². The molecular weight excluding hydrogens is 498 g/mol. The van der Waals surface area contributed by atoms with Gasteiger partial charge in [0.2, 0.25) is 0 Å². The number of nitriles is 1. The smallest absolute Gasteiger partial charge is 0.271 e. The molecule has 0 heterocycles. The number of nitrogens with one attached hydrogen (secondary N) is 1. The number of carbonyl (C=O) groups is 1. The normalized spacial score (nSPS) is 10.8. The molecule has 0 fully saturated rings. The Balaban J connectivity index is 1.84. The maximum atomic E-state index is 12.6. The topological polar surface area (TPSA) is 105 Å². The van der Waals surface area contributed by atoms with Crippen LogP contribution in [0.4, 0.5) is 11.4 Å². The van der Waals surface area contributed by atoms with E-state index in [1.807, 2.05) is 24.3 Å². The van der Waals surface area contributed by atoms with Gasteiger partial charge in [0.25, 0.3) is 11.6 Å². The lowest BCUT2D eigenvalue weighted by atomic mass is 10.1. The van der Waals surface area contributed by atoms with Crippen molar-refractivity contribution in [1.82, 2.24) is 0 Å². The average molecular weight is 513 g/mol. The predicted molar refractivity (Wildman–Crippen MR) is 125 cm³/mol. The summed E-state index contributed by atoms with van der Waals surface area (Å²) in [6.07, 6.45) is 1.39. The average Bonchev–Trinajstić information content (AvgIpc) is 2.78. The van der Waals surface area contributed by atoms with Crippen molar-refractivity contribution in [1.29, 1.82) is 5.26 Å². The van der Waals surface area contributed by atoms with E-state index in [0.717, 1.165) is 10.0 Å². The largest absolute Gasteiger partial charge is 0.488 e. The standard InChI is InChI=1S/C23H15BrClN3O4/c24-18-8-9-22(32-14-15-4-1-2-7-21(15)25)16(11-18)10-17(13-26)23(29)27-19-5-3-6-20(12-19)28(30)31/h1-12H,14H2,(H,27,29)/b17-10+. The van der Waals surface area contributed by atoms with Crippen LogP contribution in [0.25, 0.3) is 6.08 Å². The maximum absolute atomic E-state index is 12.6. The number of amides is 1. The second-order valence-electron chi connectivity index (χ2n) is 6.49. The molecule has 3 aromatic rings. The molecule has 0 bridgehead atoms. The summed E-state index contributed by atoms with van der Waals surface area (Å²) in [4.78, 5) is 23.0. The fraction of sp³-hybridized carbons (Fsp3) is 0.0435. The molecule has 3 aromatic carbocycles. The summed E-state index contributed by atoms with van der Waals surface area (Å²) in [5, 5.41) is 23.5. The highest BCUT2D eigenvalue weighted by atomic mass is 79.9. The van der Waals surface area contributed by atoms with E-state index in [2.05, 4.69) is 21.2 Å². The summed E-state index contributed by atoms with van der Waals surface area (Å²) in [6, 6.07) is 19.8. The number of hydrogen-bond donors (Lipinski definition) is 1. The van der Waals surface area contributed by atoms with Gasteiger partial charge in [-0.3, -0.25) is 14.9 Å². The van der Waals surface area contributed by atoms with Crippen molar-refractivity contribution in [3.8, 4) is 11.8 Å². The van der Waals surface area contributed by atoms with Crippen molar-refractivity contribution in [2.24, 2.45) is 0 Å². The summed E-state index contributed by atoms with van der Waals surface area (Å²) >= 11 is 9.55. The first kappa shape index (κ1) is 23.0. The van der Waals surface area contributed by atoms with Gasteiger partial charge in [0.1, 0.15) is 24.0 Å². The molecule has 0 aliphatic carbocycles. The molecule has 0 saturated carbocycles. The van der Waals surface area contributed by atoms with E-state index in [4.69, 9.17) is 16.3 Å². The van der Waals surface area contributed by atoms with Crippen molar-refractivity contribution in [3.05, 3.63) is 103 Å². The first-order chi connectivity index (χ1) is 15.4. The molecular formula is C23H15BrClN3O4. The molecule has 32 heavy (non-hydrogen) atoms. The molecule has 0 aliphatic rings. The van der Waals surface area contributed by atoms with Crippen LogP contribution in [-0.2, 0) is 11.4 Å². The van der Waals surface area contributed by atoms with E-state index in [0.29, 0.717) is 16.3 Å². The number of halogens is 2. The van der Waals surface area contributed by atoms with Crippen molar-refractivity contribution >= 4 is 50.9 Å². The molecule has 0 radical (unpaired) electrons. The second-order valence-corrected chi connectivity index (χ2v) is 7.82. The Kier molecular flexibility index (Phi) is 7.60. The Morgan fingerprint density at radius 3 is 2.69 bits per heavy atom. The lowest BCUT2D eigenvalue weighted by Crippen LogP contribution is -2.13. The van der Waals surface area contributed by atoms with Crippen molar-refractivity contribution in [2.75, 3.05) is 5.32 Å². The van der Waals surface area contributed by atoms with E-state index >= 15 is 0 Å². The van der Waals surface area contributed by atoms with E-state index in [1.54, 1.807) is 24.3 Å². The minimum Gasteiger partial charge on any atom is -0.488 e. The molecule has 0 aromatic heterocycles. The quantitative estimate of drug-likeness (QED) is 0.177. The Labute approximate surface area is 197 Å². The first-order valence-corrected chi connectivity index (χ1v) is 10.4. The first-order valence-electron chi connectivity index (χ1n) is 9.20. The molecule has 1 N–H and O–H groups in total. The summed E-state index contributed by atoms with van der Waals surface area (Å²) in [6.45, 7) is 0.198. The van der Waals surface area contributed by atoms with Crippen LogP contribution in [0.5, 0.6) is 5.75 Å². The van der Waals surface area contributed by atoms with Gasteiger partial charge < -0.3 is 10.1 Å². The van der Waals surface area contributed by atoms with Crippen molar-refractivity contribution in [3.63, 3.8) is 0 Å². The third-order valence-electron chi connectivity index (χ3n) is 4.29. The highest BCUT2D eigenvalue weighted by Crippen LogP contribution is 2.28. The Bertz CT molecular complexity index is 1250. The number of rotatable bonds is 7. The fourth-order valence-corrected chi connectivity index (χ4v) is 3.30. The SMILES string of the molecule is N#C/C(=C\c1cc(Br)ccc1OCc1ccccc1Cl)C(=O)Nc1cccc([N+](=O)[O-])c1. The van der Waals surface area contributed by atoms with Gasteiger partial charge in [0.05, 0.1) is 4.92 Å². The fourth-order valence-electron chi connectivity index (χ4n) is 2.73. The molecule has 0 saturated heterocycles. The van der Waals surface area contributed by atoms with Crippen LogP contribution < -0.4 is 10.1 Å². The minimum atomic E-state index is -0.704. The van der Waals surface area contributed by atoms with Gasteiger partial charge in [-0.05, 0) is 36.4 Å². The van der Waals surface area contributed by atoms with Crippen molar-refractivity contribution in [2.45, 2.75) is 6.61 Å². The predicted octanol–water partition coefficient (Wildman–Crippen LogP) is 6.14. The van der Waals surface area contributed by atoms with E-state index in [-0.39, 0.29) is 23.6 Å². The van der Waals surface area contributed by atoms with Crippen LogP contribution in [0, 0.1) is 21.4 Å². The number of non-ortho nitro benzene ring substituents is 1. The van der Waals surface area contributed by atoms with Gasteiger partial charge in [0.15, 0.2) is 0 Å². The zero-order valence-electron chi connectivity index (χ0n) is 16.4. The molecule has 0 aliphatic heterocycles. The van der Waals surface area contributed by atoms with Gasteiger partial charge in [0, 0.05) is 38.4 Å². The molecule has 0 unspecified atom stereocenters. The number of nitrogens with zero attached hydrogens (tertiary/aromatic N) is 2. The number of ether oxygens (including phenoxy) is 1. The summed E-state index contributed by atoms with van der Waals surface area (Å²) in [5.41, 5.74) is 1.12. The van der Waals surface area contributed by atoms with E-state index in [9.17, 15) is 20.2 Å². The number of anilines is 1. The lowest BCUT2D eigenvalue weighted by molar-refractivity contribution is -0.384. The number of carbonyl (C=O) groups excluding carboxylic acids is 1. The molecule has 1 amide bonds. The highest BCUT2D eigenvalue weighted by Gasteiger charge is 2.14. The third-order valence-corrected chi connectivity index (χ3v) is 5.15. The molecule has 160 valence electrons. The van der Waals surface area contributed by atoms with E-state index in [1.165, 1.54) is 30.3 Å². The van der Waals surface area contributed by atoms with E-state index < -0.39 is 10.8 Å². The number of hydrogen-bond acceptors (Lipinski definition) is 5. The van der Waals surface area contributed by atoms with Crippen LogP contribution in [0.3, 0.4) is 0 Å². The summed E-state index contributed by atoms with van der Waals surface area (Å²) in [5.74, 6) is -0.256. The number of nitro benzene ring substituents is 1. The third kappa shape index (κ3) is 5.94. The summed E-state index contributed by atoms with van der Waals surface area (Å²) in [7, 11) is 0. The lowest BCUT2D eigenvalue weighted by Gasteiger charge is -2.11. The van der Waals surface area contributed by atoms with Crippen molar-refractivity contribution < 1.29 is 14.5 Å². The molecule has 0 spiro atoms. The monoisotopic (exact) mass is 511 g/mol. The van der Waals surface area contributed by atoms with Gasteiger partial charge in [-0.2, -0.15) is 5.26 Å². The van der Waals surface area contributed by atoms with Crippen LogP contribution in [0.1, 0.15) is 11.1 Å². The molecule has 3 rings (SSSR count). The number of nitro groups is 1. The van der Waals surface area contributed by atoms with Crippen LogP contribution >= 0.6 is 27.5 Å². The minimum absolute atomic E-state index is 0.174. The maximum Gasteiger partial charge on any atom is 0.271 e. The Morgan fingerprint density at radius 2 is 1.97 bits per heavy atom. The Morgan fingerprint density at radius 1 is 1.19 bits per heavy atom. The van der Waals surface area contributed by atoms with Gasteiger partial charge in [-0.1, -0.05) is 51.8 Å². The number of benzene rings is 3. The molecule has 7 nitrogen and oxygen atoms in total.